The van der Waals surface area contributed by atoms with Crippen molar-refractivity contribution in [2.75, 3.05) is 0 Å². The summed E-state index contributed by atoms with van der Waals surface area (Å²) in [6, 6.07) is 3.63. The summed E-state index contributed by atoms with van der Waals surface area (Å²) < 4.78 is 27.2. The molecule has 2 nitrogen and oxygen atoms in total. The number of rotatable bonds is 4. The summed E-state index contributed by atoms with van der Waals surface area (Å²) in [4.78, 5) is 4.23. The number of hydrogen-bond donors (Lipinski definition) is 1. The molecule has 0 saturated carbocycles. The summed E-state index contributed by atoms with van der Waals surface area (Å²) >= 11 is 1.34. The Kier molecular flexibility index (Phi) is 4.04. The third-order valence-electron chi connectivity index (χ3n) is 2.66. The Labute approximate surface area is 108 Å². The van der Waals surface area contributed by atoms with Gasteiger partial charge in [0.1, 0.15) is 16.6 Å². The van der Waals surface area contributed by atoms with Gasteiger partial charge in [-0.3, -0.25) is 0 Å². The Hall–Kier alpha value is -1.33. The van der Waals surface area contributed by atoms with Gasteiger partial charge in [0.25, 0.3) is 0 Å². The molecule has 0 amide bonds. The SMILES string of the molecule is CCCC(N)c1nc(-c2c(F)cccc2F)cs1. The molecule has 5 heteroatoms. The van der Waals surface area contributed by atoms with E-state index in [-0.39, 0.29) is 11.6 Å². The van der Waals surface area contributed by atoms with Crippen molar-refractivity contribution in [3.05, 3.63) is 40.2 Å². The highest BCUT2D eigenvalue weighted by molar-refractivity contribution is 7.10. The van der Waals surface area contributed by atoms with Crippen molar-refractivity contribution >= 4 is 11.3 Å². The van der Waals surface area contributed by atoms with E-state index in [1.54, 1.807) is 5.38 Å². The van der Waals surface area contributed by atoms with Crippen molar-refractivity contribution in [2.45, 2.75) is 25.8 Å². The van der Waals surface area contributed by atoms with E-state index in [1.165, 1.54) is 29.5 Å². The molecule has 0 aliphatic heterocycles. The molecule has 1 aromatic heterocycles. The first kappa shape index (κ1) is 13.1. The third kappa shape index (κ3) is 2.57. The molecule has 2 N–H and O–H groups in total. The minimum atomic E-state index is -0.601. The van der Waals surface area contributed by atoms with Gasteiger partial charge >= 0.3 is 0 Å². The zero-order valence-electron chi connectivity index (χ0n) is 9.99. The van der Waals surface area contributed by atoms with Crippen molar-refractivity contribution in [3.63, 3.8) is 0 Å². The standard InChI is InChI=1S/C13H14F2N2S/c1-2-4-10(16)13-17-11(7-18-13)12-8(14)5-3-6-9(12)15/h3,5-7,10H,2,4,16H2,1H3. The Morgan fingerprint density at radius 3 is 2.61 bits per heavy atom. The first-order chi connectivity index (χ1) is 8.63. The van der Waals surface area contributed by atoms with Gasteiger partial charge in [0.15, 0.2) is 0 Å². The van der Waals surface area contributed by atoms with Gasteiger partial charge < -0.3 is 5.73 Å². The van der Waals surface area contributed by atoms with Crippen LogP contribution < -0.4 is 5.73 Å². The van der Waals surface area contributed by atoms with Crippen LogP contribution in [0.4, 0.5) is 8.78 Å². The molecule has 0 aliphatic carbocycles. The van der Waals surface area contributed by atoms with Crippen molar-refractivity contribution in [2.24, 2.45) is 5.73 Å². The quantitative estimate of drug-likeness (QED) is 0.913. The number of nitrogens with zero attached hydrogens (tertiary/aromatic N) is 1. The van der Waals surface area contributed by atoms with E-state index in [0.717, 1.165) is 17.8 Å². The van der Waals surface area contributed by atoms with Crippen LogP contribution in [0.2, 0.25) is 0 Å². The minimum absolute atomic E-state index is 0.0799. The molecular formula is C13H14F2N2S. The predicted molar refractivity (Wildman–Crippen MR) is 69.3 cm³/mol. The molecule has 0 saturated heterocycles. The summed E-state index contributed by atoms with van der Waals surface area (Å²) in [5.74, 6) is -1.20. The first-order valence-corrected chi connectivity index (χ1v) is 6.66. The second-order valence-electron chi connectivity index (χ2n) is 4.06. The molecule has 2 aromatic rings. The number of halogens is 2. The Balaban J connectivity index is 2.35. The number of nitrogens with two attached hydrogens (primary N) is 1. The molecule has 18 heavy (non-hydrogen) atoms. The third-order valence-corrected chi connectivity index (χ3v) is 3.63. The molecule has 1 unspecified atom stereocenters. The van der Waals surface area contributed by atoms with Gasteiger partial charge in [0.2, 0.25) is 0 Å². The van der Waals surface area contributed by atoms with Crippen LogP contribution >= 0.6 is 11.3 Å². The number of aromatic nitrogens is 1. The highest BCUT2D eigenvalue weighted by atomic mass is 32.1. The summed E-state index contributed by atoms with van der Waals surface area (Å²) in [7, 11) is 0. The van der Waals surface area contributed by atoms with Gasteiger partial charge in [-0.25, -0.2) is 13.8 Å². The van der Waals surface area contributed by atoms with Gasteiger partial charge in [-0.1, -0.05) is 19.4 Å². The molecule has 1 aromatic carbocycles. The summed E-state index contributed by atoms with van der Waals surface area (Å²) in [6.07, 6.45) is 1.76. The maximum absolute atomic E-state index is 13.6. The average Bonchev–Trinajstić information content (AvgIpc) is 2.78. The van der Waals surface area contributed by atoms with E-state index in [4.69, 9.17) is 5.73 Å². The Morgan fingerprint density at radius 2 is 2.00 bits per heavy atom. The molecule has 0 bridgehead atoms. The molecule has 0 radical (unpaired) electrons. The number of hydrogen-bond acceptors (Lipinski definition) is 3. The van der Waals surface area contributed by atoms with Gasteiger partial charge in [0.05, 0.1) is 17.3 Å². The average molecular weight is 268 g/mol. The molecule has 1 heterocycles. The van der Waals surface area contributed by atoms with E-state index in [1.807, 2.05) is 6.92 Å². The minimum Gasteiger partial charge on any atom is -0.322 e. The van der Waals surface area contributed by atoms with E-state index in [0.29, 0.717) is 5.69 Å². The van der Waals surface area contributed by atoms with Crippen LogP contribution in [-0.2, 0) is 0 Å². The van der Waals surface area contributed by atoms with Crippen LogP contribution in [0.25, 0.3) is 11.3 Å². The summed E-state index contributed by atoms with van der Waals surface area (Å²) in [6.45, 7) is 2.03. The fourth-order valence-corrected chi connectivity index (χ4v) is 2.60. The van der Waals surface area contributed by atoms with Crippen molar-refractivity contribution in [3.8, 4) is 11.3 Å². The molecule has 0 spiro atoms. The lowest BCUT2D eigenvalue weighted by atomic mass is 10.1. The fourth-order valence-electron chi connectivity index (χ4n) is 1.75. The highest BCUT2D eigenvalue weighted by Gasteiger charge is 2.16. The van der Waals surface area contributed by atoms with Gasteiger partial charge in [-0.2, -0.15) is 0 Å². The van der Waals surface area contributed by atoms with Crippen molar-refractivity contribution in [1.29, 1.82) is 0 Å². The van der Waals surface area contributed by atoms with E-state index in [9.17, 15) is 8.78 Å². The smallest absolute Gasteiger partial charge is 0.135 e. The van der Waals surface area contributed by atoms with Gasteiger partial charge in [0, 0.05) is 5.38 Å². The molecule has 0 aliphatic rings. The second-order valence-corrected chi connectivity index (χ2v) is 4.95. The maximum Gasteiger partial charge on any atom is 0.135 e. The summed E-state index contributed by atoms with van der Waals surface area (Å²) in [5, 5.41) is 2.36. The van der Waals surface area contributed by atoms with Crippen molar-refractivity contribution < 1.29 is 8.78 Å². The van der Waals surface area contributed by atoms with Crippen LogP contribution in [-0.4, -0.2) is 4.98 Å². The van der Waals surface area contributed by atoms with E-state index >= 15 is 0 Å². The molecule has 0 fully saturated rings. The largest absolute Gasteiger partial charge is 0.322 e. The van der Waals surface area contributed by atoms with Gasteiger partial charge in [-0.05, 0) is 18.6 Å². The van der Waals surface area contributed by atoms with Crippen LogP contribution in [0, 0.1) is 11.6 Å². The normalized spacial score (nSPS) is 12.7. The molecule has 96 valence electrons. The Morgan fingerprint density at radius 1 is 1.33 bits per heavy atom. The van der Waals surface area contributed by atoms with Crippen LogP contribution in [0.15, 0.2) is 23.6 Å². The molecular weight excluding hydrogens is 254 g/mol. The first-order valence-electron chi connectivity index (χ1n) is 5.79. The summed E-state index contributed by atoms with van der Waals surface area (Å²) in [5.41, 5.74) is 6.17. The maximum atomic E-state index is 13.6. The van der Waals surface area contributed by atoms with Gasteiger partial charge in [-0.15, -0.1) is 11.3 Å². The monoisotopic (exact) mass is 268 g/mol. The lowest BCUT2D eigenvalue weighted by Gasteiger charge is -2.05. The van der Waals surface area contributed by atoms with Crippen LogP contribution in [0.5, 0.6) is 0 Å². The van der Waals surface area contributed by atoms with Crippen LogP contribution in [0.1, 0.15) is 30.8 Å². The second kappa shape index (κ2) is 5.54. The number of benzene rings is 1. The van der Waals surface area contributed by atoms with Crippen LogP contribution in [0.3, 0.4) is 0 Å². The highest BCUT2D eigenvalue weighted by Crippen LogP contribution is 2.29. The predicted octanol–water partition coefficient (Wildman–Crippen LogP) is 3.89. The topological polar surface area (TPSA) is 38.9 Å². The lowest BCUT2D eigenvalue weighted by molar-refractivity contribution is 0.588. The Bertz CT molecular complexity index is 519. The fraction of sp³-hybridized carbons (Fsp3) is 0.308. The zero-order valence-corrected chi connectivity index (χ0v) is 10.8. The van der Waals surface area contributed by atoms with E-state index in [2.05, 4.69) is 4.98 Å². The lowest BCUT2D eigenvalue weighted by Crippen LogP contribution is -2.09. The van der Waals surface area contributed by atoms with E-state index < -0.39 is 11.6 Å². The molecule has 2 rings (SSSR count). The molecule has 1 atom stereocenters. The zero-order chi connectivity index (χ0) is 13.1. The number of thiazole rings is 1. The van der Waals surface area contributed by atoms with Crippen molar-refractivity contribution in [1.82, 2.24) is 4.98 Å².